The summed E-state index contributed by atoms with van der Waals surface area (Å²) in [4.78, 5) is 12.1. The maximum Gasteiger partial charge on any atom is 0.0777 e. The van der Waals surface area contributed by atoms with Gasteiger partial charge in [-0.1, -0.05) is 37.1 Å². The molecule has 1 saturated carbocycles. The third-order valence-electron chi connectivity index (χ3n) is 9.73. The summed E-state index contributed by atoms with van der Waals surface area (Å²) in [5.41, 5.74) is 10.9. The van der Waals surface area contributed by atoms with Gasteiger partial charge in [-0.3, -0.25) is 4.98 Å². The summed E-state index contributed by atoms with van der Waals surface area (Å²) in [6, 6.07) is 32.3. The van der Waals surface area contributed by atoms with Gasteiger partial charge in [0.25, 0.3) is 0 Å². The van der Waals surface area contributed by atoms with E-state index in [4.69, 9.17) is 4.98 Å². The van der Waals surface area contributed by atoms with Crippen molar-refractivity contribution in [2.24, 2.45) is 5.92 Å². The molecule has 0 spiro atoms. The van der Waals surface area contributed by atoms with E-state index in [2.05, 4.69) is 123 Å². The Hall–Kier alpha value is -3.53. The molecule has 0 bridgehead atoms. The minimum atomic E-state index is -0.0833. The maximum atomic E-state index is 5.01. The van der Waals surface area contributed by atoms with Crippen LogP contribution >= 0.6 is 0 Å². The van der Waals surface area contributed by atoms with Crippen LogP contribution in [0.25, 0.3) is 39.3 Å². The summed E-state index contributed by atoms with van der Waals surface area (Å²) in [7, 11) is 0. The van der Waals surface area contributed by atoms with Crippen molar-refractivity contribution in [2.75, 3.05) is 4.90 Å². The Bertz CT molecular complexity index is 1860. The third kappa shape index (κ3) is 5.28. The molecule has 0 saturated heterocycles. The van der Waals surface area contributed by atoms with Crippen LogP contribution in [-0.2, 0) is 31.2 Å². The minimum Gasteiger partial charge on any atom is -0.400 e. The van der Waals surface area contributed by atoms with Gasteiger partial charge in [-0.15, -0.1) is 65.7 Å². The number of fused-ring (bicyclic) bond motifs is 3. The number of rotatable bonds is 3. The van der Waals surface area contributed by atoms with Gasteiger partial charge >= 0.3 is 0 Å². The number of imidazole rings is 1. The molecule has 3 aromatic carbocycles. The van der Waals surface area contributed by atoms with E-state index in [0.717, 1.165) is 28.2 Å². The molecular formula is C40H42IrN4-2. The van der Waals surface area contributed by atoms with Gasteiger partial charge in [-0.05, 0) is 95.0 Å². The predicted molar refractivity (Wildman–Crippen MR) is 182 cm³/mol. The second kappa shape index (κ2) is 12.0. The van der Waals surface area contributed by atoms with E-state index in [1.807, 2.05) is 30.5 Å². The Morgan fingerprint density at radius 2 is 1.64 bits per heavy atom. The number of benzene rings is 3. The van der Waals surface area contributed by atoms with Crippen LogP contribution in [0.15, 0.2) is 85.1 Å². The second-order valence-corrected chi connectivity index (χ2v) is 13.8. The average molecular weight is 771 g/mol. The number of hydrogen-bond donors (Lipinski definition) is 0. The molecule has 45 heavy (non-hydrogen) atoms. The van der Waals surface area contributed by atoms with Crippen LogP contribution in [0, 0.1) is 18.1 Å². The molecular weight excluding hydrogens is 729 g/mol. The van der Waals surface area contributed by atoms with Gasteiger partial charge in [0.2, 0.25) is 0 Å². The predicted octanol–water partition coefficient (Wildman–Crippen LogP) is 9.84. The molecule has 4 nitrogen and oxygen atoms in total. The molecule has 0 amide bonds. The third-order valence-corrected chi connectivity index (χ3v) is 9.73. The second-order valence-electron chi connectivity index (χ2n) is 13.8. The largest absolute Gasteiger partial charge is 0.400 e. The number of nitrogens with zero attached hydrogens (tertiary/aromatic N) is 4. The molecule has 1 radical (unpaired) electrons. The molecule has 2 aliphatic heterocycles. The zero-order valence-corrected chi connectivity index (χ0v) is 29.6. The first-order valence-electron chi connectivity index (χ1n) is 16.2. The van der Waals surface area contributed by atoms with Gasteiger partial charge in [0.1, 0.15) is 0 Å². The van der Waals surface area contributed by atoms with Crippen LogP contribution in [0.3, 0.4) is 0 Å². The van der Waals surface area contributed by atoms with Gasteiger partial charge in [0.15, 0.2) is 0 Å². The summed E-state index contributed by atoms with van der Waals surface area (Å²) in [5, 5.41) is 0. The molecule has 233 valence electrons. The van der Waals surface area contributed by atoms with Crippen LogP contribution in [0.5, 0.6) is 0 Å². The van der Waals surface area contributed by atoms with E-state index in [1.54, 1.807) is 5.57 Å². The summed E-state index contributed by atoms with van der Waals surface area (Å²) >= 11 is 0. The Morgan fingerprint density at radius 1 is 0.867 bits per heavy atom. The molecule has 2 aromatic heterocycles. The Kier molecular flexibility index (Phi) is 8.39. The van der Waals surface area contributed by atoms with Crippen molar-refractivity contribution in [3.63, 3.8) is 0 Å². The summed E-state index contributed by atoms with van der Waals surface area (Å²) in [5.74, 6) is 1.73. The summed E-state index contributed by atoms with van der Waals surface area (Å²) < 4.78 is 2.42. The van der Waals surface area contributed by atoms with Crippen LogP contribution < -0.4 is 4.90 Å². The number of aromatic nitrogens is 3. The van der Waals surface area contributed by atoms with E-state index < -0.39 is 0 Å². The van der Waals surface area contributed by atoms with E-state index in [-0.39, 0.29) is 31.2 Å². The molecule has 0 N–H and O–H groups in total. The number of anilines is 1. The monoisotopic (exact) mass is 771 g/mol. The molecule has 5 aromatic rings. The number of pyridine rings is 1. The molecule has 3 aliphatic rings. The summed E-state index contributed by atoms with van der Waals surface area (Å²) in [6.07, 6.45) is 9.74. The number of allylic oxidation sites excluding steroid dienone is 2. The van der Waals surface area contributed by atoms with Crippen molar-refractivity contribution in [3.05, 3.63) is 108 Å². The van der Waals surface area contributed by atoms with Crippen LogP contribution in [-0.4, -0.2) is 20.6 Å². The van der Waals surface area contributed by atoms with E-state index in [1.165, 1.54) is 48.0 Å². The normalized spacial score (nSPS) is 17.6. The zero-order chi connectivity index (χ0) is 30.6. The summed E-state index contributed by atoms with van der Waals surface area (Å²) in [6.45, 7) is 13.6. The van der Waals surface area contributed by atoms with Crippen LogP contribution in [0.1, 0.15) is 78.4 Å². The quantitative estimate of drug-likeness (QED) is 0.172. The number of para-hydroxylation sites is 1. The standard InChI is InChI=1S/C23H23N2.C17H19N2.Ir/c1-23(2)15-19(16-9-6-7-10-16)18-13-8-14-20-21(18)25(23)22(24-20)17-11-4-3-5-12-17;1-12(2)19-15-10-6-5-8-13(15)16-14(17(19,3)4)9-7-11-18-16;/h3-5,8,11,13-16H,6-7,9-10H2,1-2H3;5-7,9-12H,1-4H3;/q2*-1;. The van der Waals surface area contributed by atoms with Gasteiger partial charge in [0.05, 0.1) is 22.4 Å². The Balaban J connectivity index is 0.000000161. The van der Waals surface area contributed by atoms with Crippen molar-refractivity contribution < 1.29 is 20.1 Å². The fourth-order valence-corrected chi connectivity index (χ4v) is 8.00. The topological polar surface area (TPSA) is 34.0 Å². The van der Waals surface area contributed by atoms with Crippen molar-refractivity contribution in [3.8, 4) is 22.6 Å². The van der Waals surface area contributed by atoms with Gasteiger partial charge in [-0.2, -0.15) is 0 Å². The molecule has 8 rings (SSSR count). The van der Waals surface area contributed by atoms with E-state index in [0.29, 0.717) is 12.0 Å². The molecule has 0 atom stereocenters. The van der Waals surface area contributed by atoms with Gasteiger partial charge in [0, 0.05) is 43.4 Å². The first-order chi connectivity index (χ1) is 21.2. The molecule has 1 aliphatic carbocycles. The minimum absolute atomic E-state index is 0. The fraction of sp³-hybridized carbons (Fsp3) is 0.350. The smallest absolute Gasteiger partial charge is 0.0777 e. The van der Waals surface area contributed by atoms with Crippen molar-refractivity contribution in [1.29, 1.82) is 0 Å². The molecule has 1 fully saturated rings. The van der Waals surface area contributed by atoms with Crippen molar-refractivity contribution in [2.45, 2.75) is 84.3 Å². The maximum absolute atomic E-state index is 5.01. The first kappa shape index (κ1) is 31.5. The van der Waals surface area contributed by atoms with Crippen LogP contribution in [0.4, 0.5) is 5.69 Å². The molecule has 5 heteroatoms. The van der Waals surface area contributed by atoms with Crippen molar-refractivity contribution in [1.82, 2.24) is 14.5 Å². The van der Waals surface area contributed by atoms with Gasteiger partial charge in [-0.25, -0.2) is 0 Å². The number of hydrogen-bond acceptors (Lipinski definition) is 3. The fourth-order valence-electron chi connectivity index (χ4n) is 8.00. The first-order valence-corrected chi connectivity index (χ1v) is 16.2. The Labute approximate surface area is 282 Å². The molecule has 0 unspecified atom stereocenters. The SMILES string of the molecule is CC(C)N1c2ccc[c-]c2-c2ncccc2C1(C)C.CC1(C)C=C(C2CCCC2)c2cccc3nc(-c4[c-]cccc4)n1c23.[Ir]. The van der Waals surface area contributed by atoms with Crippen LogP contribution in [0.2, 0.25) is 0 Å². The average Bonchev–Trinajstić information content (AvgIpc) is 3.70. The zero-order valence-electron chi connectivity index (χ0n) is 27.2. The van der Waals surface area contributed by atoms with Gasteiger partial charge < -0.3 is 14.5 Å². The van der Waals surface area contributed by atoms with Crippen molar-refractivity contribution >= 4 is 22.3 Å². The molecule has 4 heterocycles. The van der Waals surface area contributed by atoms with E-state index in [9.17, 15) is 0 Å². The van der Waals surface area contributed by atoms with E-state index >= 15 is 0 Å². The Morgan fingerprint density at radius 3 is 2.38 bits per heavy atom.